The van der Waals surface area contributed by atoms with E-state index in [2.05, 4.69) is 9.71 Å². The summed E-state index contributed by atoms with van der Waals surface area (Å²) in [4.78, 5) is 13.4. The number of rotatable bonds is 5. The van der Waals surface area contributed by atoms with Crippen molar-refractivity contribution < 1.29 is 13.5 Å². The average Bonchev–Trinajstić information content (AvgIpc) is 3.58. The van der Waals surface area contributed by atoms with Gasteiger partial charge in [-0.2, -0.15) is 8.42 Å². The molecule has 0 spiro atoms. The van der Waals surface area contributed by atoms with E-state index in [1.807, 2.05) is 0 Å². The van der Waals surface area contributed by atoms with Gasteiger partial charge < -0.3 is 20.7 Å². The van der Waals surface area contributed by atoms with E-state index in [0.717, 1.165) is 19.3 Å². The number of pyridine rings is 1. The number of anilines is 1. The molecule has 160 valence electrons. The number of aromatic hydroxyl groups is 1. The van der Waals surface area contributed by atoms with Crippen molar-refractivity contribution in [2.24, 2.45) is 16.0 Å². The van der Waals surface area contributed by atoms with Crippen LogP contribution in [0.3, 0.4) is 0 Å². The number of aromatic nitrogens is 1. The van der Waals surface area contributed by atoms with E-state index in [4.69, 9.17) is 5.73 Å². The lowest BCUT2D eigenvalue weighted by atomic mass is 10.1. The molecular formula is C22H22N4O4S. The van der Waals surface area contributed by atoms with Crippen molar-refractivity contribution >= 4 is 32.4 Å². The van der Waals surface area contributed by atoms with Crippen molar-refractivity contribution in [3.63, 3.8) is 0 Å². The van der Waals surface area contributed by atoms with Gasteiger partial charge >= 0.3 is 0 Å². The Morgan fingerprint density at radius 3 is 2.71 bits per heavy atom. The van der Waals surface area contributed by atoms with Gasteiger partial charge in [-0.15, -0.1) is 4.40 Å². The van der Waals surface area contributed by atoms with E-state index in [0.29, 0.717) is 34.6 Å². The number of amidine groups is 1. The summed E-state index contributed by atoms with van der Waals surface area (Å²) in [5.41, 5.74) is 6.56. The van der Waals surface area contributed by atoms with Gasteiger partial charge in [0, 0.05) is 18.5 Å². The fourth-order valence-electron chi connectivity index (χ4n) is 3.98. The van der Waals surface area contributed by atoms with E-state index in [9.17, 15) is 18.3 Å². The van der Waals surface area contributed by atoms with Crippen molar-refractivity contribution in [2.75, 3.05) is 5.32 Å². The molecule has 0 radical (unpaired) electrons. The van der Waals surface area contributed by atoms with E-state index in [1.165, 1.54) is 6.07 Å². The minimum absolute atomic E-state index is 0.00598. The lowest BCUT2D eigenvalue weighted by Gasteiger charge is -2.21. The van der Waals surface area contributed by atoms with Crippen LogP contribution in [0.1, 0.15) is 30.4 Å². The first-order valence-electron chi connectivity index (χ1n) is 10.2. The zero-order valence-electron chi connectivity index (χ0n) is 16.7. The Labute approximate surface area is 179 Å². The smallest absolute Gasteiger partial charge is 0.286 e. The Balaban J connectivity index is 1.70. The highest BCUT2D eigenvalue weighted by atomic mass is 32.2. The summed E-state index contributed by atoms with van der Waals surface area (Å²) in [5, 5.41) is 14.4. The molecular weight excluding hydrogens is 416 g/mol. The van der Waals surface area contributed by atoms with Gasteiger partial charge in [0.05, 0.1) is 11.2 Å². The van der Waals surface area contributed by atoms with Crippen LogP contribution in [0.4, 0.5) is 5.69 Å². The number of nitrogens with two attached hydrogens (primary N) is 1. The van der Waals surface area contributed by atoms with Crippen molar-refractivity contribution in [1.82, 2.24) is 4.57 Å². The molecule has 1 aromatic heterocycles. The number of benzene rings is 2. The molecule has 9 heteroatoms. The molecule has 0 bridgehead atoms. The van der Waals surface area contributed by atoms with E-state index >= 15 is 0 Å². The first-order chi connectivity index (χ1) is 14.9. The molecule has 0 atom stereocenters. The molecule has 5 rings (SSSR count). The number of para-hydroxylation sites is 1. The van der Waals surface area contributed by atoms with Crippen LogP contribution in [0.2, 0.25) is 0 Å². The van der Waals surface area contributed by atoms with Gasteiger partial charge in [-0.25, -0.2) is 0 Å². The number of nitrogens with one attached hydrogen (secondary N) is 1. The summed E-state index contributed by atoms with van der Waals surface area (Å²) < 4.78 is 31.2. The van der Waals surface area contributed by atoms with Crippen LogP contribution in [-0.2, 0) is 23.1 Å². The lowest BCUT2D eigenvalue weighted by molar-refractivity contribution is 0.476. The molecule has 0 saturated heterocycles. The second kappa shape index (κ2) is 7.21. The largest absolute Gasteiger partial charge is 0.506 e. The first kappa shape index (κ1) is 19.8. The predicted octanol–water partition coefficient (Wildman–Crippen LogP) is 2.53. The van der Waals surface area contributed by atoms with Crippen molar-refractivity contribution in [3.8, 4) is 5.75 Å². The Morgan fingerprint density at radius 2 is 1.97 bits per heavy atom. The molecule has 2 aliphatic rings. The van der Waals surface area contributed by atoms with Gasteiger partial charge in [0.25, 0.3) is 15.6 Å². The molecule has 1 saturated carbocycles. The van der Waals surface area contributed by atoms with E-state index < -0.39 is 15.6 Å². The van der Waals surface area contributed by atoms with Crippen LogP contribution in [0.25, 0.3) is 10.9 Å². The van der Waals surface area contributed by atoms with Gasteiger partial charge in [-0.1, -0.05) is 31.0 Å². The topological polar surface area (TPSA) is 127 Å². The molecule has 1 aliphatic carbocycles. The standard InChI is InChI=1S/C22H22N4O4S/c23-12-14-7-8-16-18(11-14)31(29,30)25-21(24-16)19-20(27)15-3-1-2-4-17(15)26(22(19)28)10-9-13-5-6-13/h1-4,7-8,11,13,27H,5-6,9-10,12,23H2,(H,24,25). The Bertz CT molecular complexity index is 1410. The highest BCUT2D eigenvalue weighted by molar-refractivity contribution is 7.90. The molecule has 1 fully saturated rings. The fraction of sp³-hybridized carbons (Fsp3) is 0.273. The Kier molecular flexibility index (Phi) is 4.60. The molecule has 3 aromatic rings. The maximum Gasteiger partial charge on any atom is 0.286 e. The lowest BCUT2D eigenvalue weighted by Crippen LogP contribution is -2.33. The summed E-state index contributed by atoms with van der Waals surface area (Å²) in [6.45, 7) is 0.685. The predicted molar refractivity (Wildman–Crippen MR) is 119 cm³/mol. The molecule has 2 heterocycles. The van der Waals surface area contributed by atoms with Gasteiger partial charge in [0.2, 0.25) is 0 Å². The van der Waals surface area contributed by atoms with Gasteiger partial charge in [-0.05, 0) is 42.2 Å². The minimum atomic E-state index is -4.08. The van der Waals surface area contributed by atoms with Crippen LogP contribution in [-0.4, -0.2) is 23.9 Å². The summed E-state index contributed by atoms with van der Waals surface area (Å²) in [6, 6.07) is 11.8. The fourth-order valence-corrected chi connectivity index (χ4v) is 5.15. The van der Waals surface area contributed by atoms with Crippen LogP contribution in [0.5, 0.6) is 5.75 Å². The minimum Gasteiger partial charge on any atom is -0.506 e. The number of aryl methyl sites for hydroxylation is 1. The molecule has 4 N–H and O–H groups in total. The third kappa shape index (κ3) is 3.39. The number of nitrogens with zero attached hydrogens (tertiary/aromatic N) is 2. The summed E-state index contributed by atoms with van der Waals surface area (Å²) >= 11 is 0. The van der Waals surface area contributed by atoms with Crippen molar-refractivity contribution in [2.45, 2.75) is 37.2 Å². The van der Waals surface area contributed by atoms with Crippen LogP contribution in [0, 0.1) is 5.92 Å². The monoisotopic (exact) mass is 438 g/mol. The van der Waals surface area contributed by atoms with Crippen LogP contribution < -0.4 is 16.6 Å². The zero-order chi connectivity index (χ0) is 21.8. The number of hydrogen-bond acceptors (Lipinski definition) is 6. The molecule has 31 heavy (non-hydrogen) atoms. The summed E-state index contributed by atoms with van der Waals surface area (Å²) in [5.74, 6) is 0.144. The zero-order valence-corrected chi connectivity index (χ0v) is 17.5. The van der Waals surface area contributed by atoms with Crippen LogP contribution in [0.15, 0.2) is 56.6 Å². The van der Waals surface area contributed by atoms with Gasteiger partial charge in [0.1, 0.15) is 16.2 Å². The Morgan fingerprint density at radius 1 is 1.19 bits per heavy atom. The highest BCUT2D eigenvalue weighted by Crippen LogP contribution is 2.35. The quantitative estimate of drug-likeness (QED) is 0.562. The molecule has 0 amide bonds. The van der Waals surface area contributed by atoms with E-state index in [-0.39, 0.29) is 28.6 Å². The first-order valence-corrected chi connectivity index (χ1v) is 11.6. The van der Waals surface area contributed by atoms with Crippen LogP contribution >= 0.6 is 0 Å². The third-order valence-corrected chi connectivity index (χ3v) is 7.18. The molecule has 2 aromatic carbocycles. The molecule has 0 unspecified atom stereocenters. The Hall–Kier alpha value is -3.17. The maximum atomic E-state index is 13.4. The average molecular weight is 439 g/mol. The maximum absolute atomic E-state index is 13.4. The number of sulfonamides is 1. The second-order valence-electron chi connectivity index (χ2n) is 8.00. The number of fused-ring (bicyclic) bond motifs is 2. The highest BCUT2D eigenvalue weighted by Gasteiger charge is 2.30. The molecule has 8 nitrogen and oxygen atoms in total. The second-order valence-corrected chi connectivity index (χ2v) is 9.58. The van der Waals surface area contributed by atoms with Gasteiger partial charge in [0.15, 0.2) is 5.84 Å². The third-order valence-electron chi connectivity index (χ3n) is 5.86. The normalized spacial score (nSPS) is 17.1. The SMILES string of the molecule is NCc1ccc2c(c1)S(=O)(=O)N=C(c1c(O)c3ccccc3n(CCC3CC3)c1=O)N2. The van der Waals surface area contributed by atoms with Crippen molar-refractivity contribution in [3.05, 3.63) is 63.9 Å². The summed E-state index contributed by atoms with van der Waals surface area (Å²) in [6.07, 6.45) is 3.18. The summed E-state index contributed by atoms with van der Waals surface area (Å²) in [7, 11) is -4.08. The van der Waals surface area contributed by atoms with E-state index in [1.54, 1.807) is 41.0 Å². The molecule has 1 aliphatic heterocycles. The number of hydrogen-bond donors (Lipinski definition) is 3. The van der Waals surface area contributed by atoms with Gasteiger partial charge in [-0.3, -0.25) is 4.79 Å². The van der Waals surface area contributed by atoms with Crippen molar-refractivity contribution in [1.29, 1.82) is 0 Å².